The minimum Gasteiger partial charge on any atom is -0.341 e. The van der Waals surface area contributed by atoms with Crippen LogP contribution < -0.4 is 5.56 Å². The van der Waals surface area contributed by atoms with Gasteiger partial charge >= 0.3 is 0 Å². The Morgan fingerprint density at radius 2 is 2.12 bits per heavy atom. The van der Waals surface area contributed by atoms with E-state index in [-0.39, 0.29) is 16.6 Å². The molecule has 1 heterocycles. The Morgan fingerprint density at radius 1 is 1.53 bits per heavy atom. The normalized spacial score (nSPS) is 12.2. The molecule has 0 saturated heterocycles. The summed E-state index contributed by atoms with van der Waals surface area (Å²) in [6, 6.07) is 0.639. The highest BCUT2D eigenvalue weighted by Crippen LogP contribution is 2.08. The van der Waals surface area contributed by atoms with Gasteiger partial charge in [0.2, 0.25) is 5.91 Å². The topological polar surface area (TPSA) is 55.2 Å². The first-order valence-corrected chi connectivity index (χ1v) is 5.91. The van der Waals surface area contributed by atoms with Crippen LogP contribution >= 0.6 is 11.6 Å². The average Bonchev–Trinajstić information content (AvgIpc) is 2.29. The van der Waals surface area contributed by atoms with E-state index in [0.717, 1.165) is 0 Å². The largest absolute Gasteiger partial charge is 0.341 e. The highest BCUT2D eigenvalue weighted by atomic mass is 35.5. The molecule has 6 heteroatoms. The standard InChI is InChI=1S/C11H16ClN3O2/c1-4-14(5-2)11(17)8(3)15-7-13-9(12)6-10(15)16/h6-8H,4-5H2,1-3H3. The van der Waals surface area contributed by atoms with Crippen molar-refractivity contribution >= 4 is 17.5 Å². The Morgan fingerprint density at radius 3 is 2.59 bits per heavy atom. The summed E-state index contributed by atoms with van der Waals surface area (Å²) in [5.74, 6) is -0.0961. The number of amides is 1. The molecule has 0 fully saturated rings. The lowest BCUT2D eigenvalue weighted by Gasteiger charge is -2.23. The molecule has 0 radical (unpaired) electrons. The minimum atomic E-state index is -0.563. The van der Waals surface area contributed by atoms with Crippen LogP contribution in [0.4, 0.5) is 0 Å². The molecule has 0 aliphatic rings. The second-order valence-corrected chi connectivity index (χ2v) is 4.03. The maximum atomic E-state index is 12.0. The zero-order chi connectivity index (χ0) is 13.0. The molecular weight excluding hydrogens is 242 g/mol. The van der Waals surface area contributed by atoms with E-state index in [9.17, 15) is 9.59 Å². The van der Waals surface area contributed by atoms with Crippen LogP contribution in [0.2, 0.25) is 5.15 Å². The first kappa shape index (κ1) is 13.7. The molecular formula is C11H16ClN3O2. The van der Waals surface area contributed by atoms with Crippen molar-refractivity contribution in [3.8, 4) is 0 Å². The first-order chi connectivity index (χ1) is 8.01. The number of aromatic nitrogens is 2. The summed E-state index contributed by atoms with van der Waals surface area (Å²) in [6.45, 7) is 6.72. The lowest BCUT2D eigenvalue weighted by molar-refractivity contribution is -0.134. The summed E-state index contributed by atoms with van der Waals surface area (Å²) in [5, 5.41) is 0.133. The molecule has 0 saturated carbocycles. The molecule has 1 atom stereocenters. The maximum absolute atomic E-state index is 12.0. The fourth-order valence-corrected chi connectivity index (χ4v) is 1.73. The first-order valence-electron chi connectivity index (χ1n) is 5.53. The summed E-state index contributed by atoms with van der Waals surface area (Å²) in [6.07, 6.45) is 1.30. The number of hydrogen-bond acceptors (Lipinski definition) is 3. The second-order valence-electron chi connectivity index (χ2n) is 3.64. The van der Waals surface area contributed by atoms with Crippen LogP contribution in [0.25, 0.3) is 0 Å². The van der Waals surface area contributed by atoms with Gasteiger partial charge in [0.1, 0.15) is 11.2 Å². The van der Waals surface area contributed by atoms with Gasteiger partial charge in [-0.3, -0.25) is 14.2 Å². The molecule has 17 heavy (non-hydrogen) atoms. The van der Waals surface area contributed by atoms with Gasteiger partial charge in [0.25, 0.3) is 5.56 Å². The number of carbonyl (C=O) groups excluding carboxylic acids is 1. The van der Waals surface area contributed by atoms with E-state index in [1.165, 1.54) is 17.0 Å². The number of carbonyl (C=O) groups is 1. The molecule has 1 amide bonds. The van der Waals surface area contributed by atoms with E-state index < -0.39 is 6.04 Å². The van der Waals surface area contributed by atoms with E-state index >= 15 is 0 Å². The Labute approximate surface area is 105 Å². The number of halogens is 1. The molecule has 0 aliphatic heterocycles. The lowest BCUT2D eigenvalue weighted by atomic mass is 10.2. The Kier molecular flexibility index (Phi) is 4.69. The third-order valence-corrected chi connectivity index (χ3v) is 2.86. The molecule has 0 spiro atoms. The second kappa shape index (κ2) is 5.82. The smallest absolute Gasteiger partial charge is 0.255 e. The van der Waals surface area contributed by atoms with Gasteiger partial charge in [-0.15, -0.1) is 0 Å². The minimum absolute atomic E-state index is 0.0961. The van der Waals surface area contributed by atoms with Crippen molar-refractivity contribution in [3.05, 3.63) is 27.9 Å². The van der Waals surface area contributed by atoms with Crippen LogP contribution in [0.15, 0.2) is 17.2 Å². The number of likely N-dealkylation sites (N-methyl/N-ethyl adjacent to an activating group) is 1. The van der Waals surface area contributed by atoms with Gasteiger partial charge in [0.05, 0.1) is 6.33 Å². The fraction of sp³-hybridized carbons (Fsp3) is 0.545. The number of nitrogens with zero attached hydrogens (tertiary/aromatic N) is 3. The highest BCUT2D eigenvalue weighted by molar-refractivity contribution is 6.29. The molecule has 0 aliphatic carbocycles. The average molecular weight is 258 g/mol. The maximum Gasteiger partial charge on any atom is 0.255 e. The van der Waals surface area contributed by atoms with E-state index in [2.05, 4.69) is 4.98 Å². The van der Waals surface area contributed by atoms with Gasteiger partial charge in [-0.1, -0.05) is 11.6 Å². The van der Waals surface area contributed by atoms with E-state index in [1.54, 1.807) is 11.8 Å². The Bertz CT molecular complexity index is 454. The van der Waals surface area contributed by atoms with Gasteiger partial charge in [0, 0.05) is 19.2 Å². The number of rotatable bonds is 4. The SMILES string of the molecule is CCN(CC)C(=O)C(C)n1cnc(Cl)cc1=O. The molecule has 0 N–H and O–H groups in total. The van der Waals surface area contributed by atoms with Crippen LogP contribution in [0.1, 0.15) is 26.8 Å². The third kappa shape index (κ3) is 3.06. The molecule has 1 aromatic rings. The molecule has 1 rings (SSSR count). The molecule has 0 aromatic carbocycles. The fourth-order valence-electron chi connectivity index (χ4n) is 1.60. The molecule has 5 nitrogen and oxygen atoms in total. The molecule has 0 bridgehead atoms. The van der Waals surface area contributed by atoms with E-state index in [1.807, 2.05) is 13.8 Å². The van der Waals surface area contributed by atoms with Crippen molar-refractivity contribution in [3.63, 3.8) is 0 Å². The monoisotopic (exact) mass is 257 g/mol. The summed E-state index contributed by atoms with van der Waals surface area (Å²) in [4.78, 5) is 29.2. The predicted octanol–water partition coefficient (Wildman–Crippen LogP) is 1.33. The molecule has 1 aromatic heterocycles. The zero-order valence-corrected chi connectivity index (χ0v) is 10.9. The predicted molar refractivity (Wildman–Crippen MR) is 66.1 cm³/mol. The molecule has 1 unspecified atom stereocenters. The summed E-state index contributed by atoms with van der Waals surface area (Å²) in [7, 11) is 0. The van der Waals surface area contributed by atoms with Crippen LogP contribution in [-0.4, -0.2) is 33.4 Å². The van der Waals surface area contributed by atoms with Crippen molar-refractivity contribution in [2.24, 2.45) is 0 Å². The van der Waals surface area contributed by atoms with Crippen molar-refractivity contribution in [2.45, 2.75) is 26.8 Å². The third-order valence-electron chi connectivity index (χ3n) is 2.65. The van der Waals surface area contributed by atoms with Crippen LogP contribution in [0.5, 0.6) is 0 Å². The molecule has 94 valence electrons. The zero-order valence-electron chi connectivity index (χ0n) is 10.2. The van der Waals surface area contributed by atoms with Gasteiger partial charge in [-0.2, -0.15) is 0 Å². The van der Waals surface area contributed by atoms with Gasteiger partial charge in [-0.25, -0.2) is 4.98 Å². The van der Waals surface area contributed by atoms with Crippen LogP contribution in [0, 0.1) is 0 Å². The van der Waals surface area contributed by atoms with Crippen molar-refractivity contribution in [1.82, 2.24) is 14.5 Å². The van der Waals surface area contributed by atoms with Crippen molar-refractivity contribution < 1.29 is 4.79 Å². The highest BCUT2D eigenvalue weighted by Gasteiger charge is 2.20. The Hall–Kier alpha value is -1.36. The van der Waals surface area contributed by atoms with Crippen LogP contribution in [0.3, 0.4) is 0 Å². The van der Waals surface area contributed by atoms with Crippen LogP contribution in [-0.2, 0) is 4.79 Å². The van der Waals surface area contributed by atoms with Gasteiger partial charge in [0.15, 0.2) is 0 Å². The van der Waals surface area contributed by atoms with Gasteiger partial charge in [-0.05, 0) is 20.8 Å². The van der Waals surface area contributed by atoms with Gasteiger partial charge < -0.3 is 4.90 Å². The van der Waals surface area contributed by atoms with Crippen molar-refractivity contribution in [2.75, 3.05) is 13.1 Å². The quantitative estimate of drug-likeness (QED) is 0.765. The van der Waals surface area contributed by atoms with E-state index in [4.69, 9.17) is 11.6 Å². The van der Waals surface area contributed by atoms with E-state index in [0.29, 0.717) is 13.1 Å². The number of hydrogen-bond donors (Lipinski definition) is 0. The van der Waals surface area contributed by atoms with Crippen molar-refractivity contribution in [1.29, 1.82) is 0 Å². The summed E-state index contributed by atoms with van der Waals surface area (Å²) >= 11 is 5.60. The lowest BCUT2D eigenvalue weighted by Crippen LogP contribution is -2.39. The Balaban J connectivity index is 3.00. The summed E-state index contributed by atoms with van der Waals surface area (Å²) in [5.41, 5.74) is -0.321. The summed E-state index contributed by atoms with van der Waals surface area (Å²) < 4.78 is 1.28.